The third-order valence-corrected chi connectivity index (χ3v) is 3.91. The van der Waals surface area contributed by atoms with E-state index in [1.807, 2.05) is 19.4 Å². The van der Waals surface area contributed by atoms with Crippen molar-refractivity contribution in [3.8, 4) is 0 Å². The predicted molar refractivity (Wildman–Crippen MR) is 86.2 cm³/mol. The van der Waals surface area contributed by atoms with Crippen molar-refractivity contribution in [1.82, 2.24) is 19.4 Å². The Morgan fingerprint density at radius 2 is 2.10 bits per heavy atom. The molecule has 4 nitrogen and oxygen atoms in total. The van der Waals surface area contributed by atoms with Crippen LogP contribution in [0.5, 0.6) is 0 Å². The highest BCUT2D eigenvalue weighted by atomic mass is 15.0. The highest BCUT2D eigenvalue weighted by molar-refractivity contribution is 5.80. The van der Waals surface area contributed by atoms with E-state index in [4.69, 9.17) is 0 Å². The number of hydrogen-bond donors (Lipinski definition) is 1. The largest absolute Gasteiger partial charge is 0.347 e. The van der Waals surface area contributed by atoms with Gasteiger partial charge in [0.15, 0.2) is 0 Å². The fraction of sp³-hybridized carbons (Fsp3) is 0.353. The monoisotopic (exact) mass is 282 g/mol. The molecule has 0 fully saturated rings. The Balaban J connectivity index is 1.79. The molecule has 3 aromatic rings. The second-order valence-electron chi connectivity index (χ2n) is 5.39. The van der Waals surface area contributed by atoms with E-state index in [1.165, 1.54) is 16.5 Å². The molecule has 0 aliphatic heterocycles. The van der Waals surface area contributed by atoms with Crippen LogP contribution in [0.3, 0.4) is 0 Å². The summed E-state index contributed by atoms with van der Waals surface area (Å²) in [7, 11) is 2.05. The number of nitrogens with zero attached hydrogens (tertiary/aromatic N) is 3. The lowest BCUT2D eigenvalue weighted by Crippen LogP contribution is -2.11. The highest BCUT2D eigenvalue weighted by Crippen LogP contribution is 2.18. The van der Waals surface area contributed by atoms with Gasteiger partial charge in [0, 0.05) is 50.7 Å². The van der Waals surface area contributed by atoms with Gasteiger partial charge in [-0.25, -0.2) is 4.98 Å². The fourth-order valence-electron chi connectivity index (χ4n) is 2.66. The first-order valence-corrected chi connectivity index (χ1v) is 7.52. The molecule has 0 aliphatic carbocycles. The minimum Gasteiger partial charge on any atom is -0.347 e. The molecule has 0 saturated heterocycles. The molecule has 2 heterocycles. The van der Waals surface area contributed by atoms with Crippen LogP contribution in [-0.4, -0.2) is 20.7 Å². The molecule has 0 spiro atoms. The molecule has 2 aromatic heterocycles. The van der Waals surface area contributed by atoms with Gasteiger partial charge in [0.25, 0.3) is 0 Å². The lowest BCUT2D eigenvalue weighted by Gasteiger charge is -2.08. The summed E-state index contributed by atoms with van der Waals surface area (Å²) < 4.78 is 4.40. The van der Waals surface area contributed by atoms with Crippen molar-refractivity contribution in [1.29, 1.82) is 0 Å². The molecule has 0 atom stereocenters. The smallest absolute Gasteiger partial charge is 0.110 e. The topological polar surface area (TPSA) is 34.8 Å². The maximum Gasteiger partial charge on any atom is 0.110 e. The lowest BCUT2D eigenvalue weighted by atomic mass is 10.1. The Bertz CT molecular complexity index is 723. The van der Waals surface area contributed by atoms with Crippen molar-refractivity contribution in [3.05, 3.63) is 54.2 Å². The van der Waals surface area contributed by atoms with Gasteiger partial charge in [-0.15, -0.1) is 0 Å². The van der Waals surface area contributed by atoms with Gasteiger partial charge in [0.1, 0.15) is 5.82 Å². The maximum atomic E-state index is 4.39. The number of imidazole rings is 1. The minimum atomic E-state index is 0.928. The number of benzene rings is 1. The van der Waals surface area contributed by atoms with Gasteiger partial charge in [0.2, 0.25) is 0 Å². The Labute approximate surface area is 125 Å². The second-order valence-corrected chi connectivity index (χ2v) is 5.39. The number of fused-ring (bicyclic) bond motifs is 1. The van der Waals surface area contributed by atoms with Crippen LogP contribution >= 0.6 is 0 Å². The summed E-state index contributed by atoms with van der Waals surface area (Å²) in [5.74, 6) is 1.13. The summed E-state index contributed by atoms with van der Waals surface area (Å²) in [5.41, 5.74) is 2.64. The van der Waals surface area contributed by atoms with Gasteiger partial charge in [-0.1, -0.05) is 19.1 Å². The van der Waals surface area contributed by atoms with E-state index in [9.17, 15) is 0 Å². The number of aryl methyl sites for hydroxylation is 3. The summed E-state index contributed by atoms with van der Waals surface area (Å²) in [6.45, 7) is 5.02. The first-order valence-electron chi connectivity index (χ1n) is 7.52. The first kappa shape index (κ1) is 13.9. The van der Waals surface area contributed by atoms with Gasteiger partial charge in [-0.3, -0.25) is 0 Å². The average Bonchev–Trinajstić information content (AvgIpc) is 3.09. The van der Waals surface area contributed by atoms with Crippen molar-refractivity contribution in [2.24, 2.45) is 7.05 Å². The van der Waals surface area contributed by atoms with E-state index in [1.54, 1.807) is 0 Å². The zero-order valence-electron chi connectivity index (χ0n) is 12.7. The normalized spacial score (nSPS) is 11.3. The Morgan fingerprint density at radius 3 is 2.86 bits per heavy atom. The third-order valence-electron chi connectivity index (χ3n) is 3.91. The predicted octanol–water partition coefficient (Wildman–Crippen LogP) is 2.73. The van der Waals surface area contributed by atoms with E-state index < -0.39 is 0 Å². The van der Waals surface area contributed by atoms with Crippen LogP contribution in [0.1, 0.15) is 18.3 Å². The van der Waals surface area contributed by atoms with E-state index >= 15 is 0 Å². The van der Waals surface area contributed by atoms with Gasteiger partial charge >= 0.3 is 0 Å². The SMILES string of the molecule is CCNCc1ccc2ccn(CCc3nccn3C)c2c1. The number of nitrogens with one attached hydrogen (secondary N) is 1. The molecular weight excluding hydrogens is 260 g/mol. The van der Waals surface area contributed by atoms with Crippen molar-refractivity contribution >= 4 is 10.9 Å². The Kier molecular flexibility index (Phi) is 4.06. The summed E-state index contributed by atoms with van der Waals surface area (Å²) >= 11 is 0. The second kappa shape index (κ2) is 6.14. The summed E-state index contributed by atoms with van der Waals surface area (Å²) in [6, 6.07) is 8.88. The van der Waals surface area contributed by atoms with Crippen LogP contribution in [0.15, 0.2) is 42.9 Å². The van der Waals surface area contributed by atoms with Crippen molar-refractivity contribution in [3.63, 3.8) is 0 Å². The highest BCUT2D eigenvalue weighted by Gasteiger charge is 2.04. The van der Waals surface area contributed by atoms with Crippen LogP contribution < -0.4 is 5.32 Å². The maximum absolute atomic E-state index is 4.39. The van der Waals surface area contributed by atoms with Crippen LogP contribution in [0.4, 0.5) is 0 Å². The quantitative estimate of drug-likeness (QED) is 0.754. The molecular formula is C17H22N4. The molecule has 0 bridgehead atoms. The molecule has 110 valence electrons. The van der Waals surface area contributed by atoms with Crippen LogP contribution in [-0.2, 0) is 26.6 Å². The summed E-state index contributed by atoms with van der Waals surface area (Å²) in [5, 5.41) is 4.68. The lowest BCUT2D eigenvalue weighted by molar-refractivity contribution is 0.667. The number of hydrogen-bond acceptors (Lipinski definition) is 2. The van der Waals surface area contributed by atoms with E-state index in [0.29, 0.717) is 0 Å². The summed E-state index contributed by atoms with van der Waals surface area (Å²) in [6.07, 6.45) is 6.98. The fourth-order valence-corrected chi connectivity index (χ4v) is 2.66. The van der Waals surface area contributed by atoms with E-state index in [0.717, 1.165) is 31.9 Å². The molecule has 1 N–H and O–H groups in total. The van der Waals surface area contributed by atoms with Crippen molar-refractivity contribution in [2.75, 3.05) is 6.54 Å². The zero-order chi connectivity index (χ0) is 14.7. The molecule has 0 aliphatic rings. The average molecular weight is 282 g/mol. The molecule has 0 amide bonds. The molecule has 21 heavy (non-hydrogen) atoms. The van der Waals surface area contributed by atoms with Gasteiger partial charge in [-0.2, -0.15) is 0 Å². The molecule has 0 saturated carbocycles. The number of aromatic nitrogens is 3. The van der Waals surface area contributed by atoms with Crippen molar-refractivity contribution in [2.45, 2.75) is 26.4 Å². The molecule has 1 aromatic carbocycles. The van der Waals surface area contributed by atoms with E-state index in [-0.39, 0.29) is 0 Å². The molecule has 0 unspecified atom stereocenters. The van der Waals surface area contributed by atoms with Gasteiger partial charge in [0.05, 0.1) is 0 Å². The standard InChI is InChI=1S/C17H22N4/c1-3-18-13-14-4-5-15-6-9-21(16(15)12-14)10-7-17-19-8-11-20(17)2/h4-6,8-9,11-12,18H,3,7,10,13H2,1-2H3. The van der Waals surface area contributed by atoms with E-state index in [2.05, 4.69) is 56.8 Å². The minimum absolute atomic E-state index is 0.928. The molecule has 4 heteroatoms. The number of rotatable bonds is 6. The van der Waals surface area contributed by atoms with Gasteiger partial charge in [-0.05, 0) is 29.6 Å². The zero-order valence-corrected chi connectivity index (χ0v) is 12.7. The van der Waals surface area contributed by atoms with Crippen LogP contribution in [0.2, 0.25) is 0 Å². The summed E-state index contributed by atoms with van der Waals surface area (Å²) in [4.78, 5) is 4.39. The van der Waals surface area contributed by atoms with Gasteiger partial charge < -0.3 is 14.5 Å². The first-order chi connectivity index (χ1) is 10.3. The molecule has 3 rings (SSSR count). The Morgan fingerprint density at radius 1 is 1.19 bits per heavy atom. The third kappa shape index (κ3) is 3.00. The van der Waals surface area contributed by atoms with Crippen LogP contribution in [0, 0.1) is 0 Å². The van der Waals surface area contributed by atoms with Crippen molar-refractivity contribution < 1.29 is 0 Å². The molecule has 0 radical (unpaired) electrons. The Hall–Kier alpha value is -2.07. The van der Waals surface area contributed by atoms with Crippen LogP contribution in [0.25, 0.3) is 10.9 Å².